The van der Waals surface area contributed by atoms with Crippen LogP contribution < -0.4 is 0 Å². The Kier molecular flexibility index (Phi) is 2.24. The lowest BCUT2D eigenvalue weighted by Crippen LogP contribution is -2.54. The van der Waals surface area contributed by atoms with Crippen molar-refractivity contribution in [3.05, 3.63) is 4.91 Å². The van der Waals surface area contributed by atoms with Gasteiger partial charge in [0.05, 0.1) is 0 Å². The summed E-state index contributed by atoms with van der Waals surface area (Å²) in [5.74, 6) is 0. The second-order valence-corrected chi connectivity index (χ2v) is 5.54. The zero-order chi connectivity index (χ0) is 9.57. The summed E-state index contributed by atoms with van der Waals surface area (Å²) in [6.07, 6.45) is 1.56. The number of rotatable bonds is 0. The van der Waals surface area contributed by atoms with Gasteiger partial charge in [0.15, 0.2) is 0 Å². The molecule has 0 aromatic heterocycles. The summed E-state index contributed by atoms with van der Waals surface area (Å²) < 4.78 is 1.19. The quantitative estimate of drug-likeness (QED) is 0.425. The Morgan fingerprint density at radius 2 is 1.50 bits per heavy atom. The van der Waals surface area contributed by atoms with Crippen LogP contribution in [0.5, 0.6) is 0 Å². The molecule has 1 saturated heterocycles. The summed E-state index contributed by atoms with van der Waals surface area (Å²) >= 11 is 6.09. The molecule has 0 radical (unpaired) electrons. The minimum Gasteiger partial charge on any atom is -0.122 e. The Labute approximate surface area is 78.9 Å². The molecule has 1 aliphatic heterocycles. The zero-order valence-corrected chi connectivity index (χ0v) is 8.98. The smallest absolute Gasteiger partial charge is 0.122 e. The van der Waals surface area contributed by atoms with Crippen molar-refractivity contribution < 1.29 is 4.76 Å². The Hall–Kier alpha value is -0.110. The fourth-order valence-electron chi connectivity index (χ4n) is 2.14. The van der Waals surface area contributed by atoms with Crippen molar-refractivity contribution in [3.8, 4) is 0 Å². The third kappa shape index (κ3) is 1.63. The number of hydrogen-bond donors (Lipinski definition) is 0. The van der Waals surface area contributed by atoms with Gasteiger partial charge in [0.25, 0.3) is 0 Å². The summed E-state index contributed by atoms with van der Waals surface area (Å²) in [5, 5.41) is 0.139. The maximum absolute atomic E-state index is 11.8. The Bertz CT molecular complexity index is 191. The van der Waals surface area contributed by atoms with E-state index in [-0.39, 0.29) is 16.5 Å². The maximum Gasteiger partial charge on any atom is 0.207 e. The molecule has 1 fully saturated rings. The van der Waals surface area contributed by atoms with Gasteiger partial charge in [0, 0.05) is 55.6 Å². The molecule has 0 bridgehead atoms. The first-order valence-electron chi connectivity index (χ1n) is 4.37. The molecule has 12 heavy (non-hydrogen) atoms. The van der Waals surface area contributed by atoms with Gasteiger partial charge in [0.1, 0.15) is 0 Å². The molecule has 1 rings (SSSR count). The van der Waals surface area contributed by atoms with Crippen LogP contribution in [-0.4, -0.2) is 21.2 Å². The third-order valence-electron chi connectivity index (χ3n) is 2.54. The van der Waals surface area contributed by atoms with Crippen LogP contribution in [0.15, 0.2) is 0 Å². The van der Waals surface area contributed by atoms with Gasteiger partial charge in [-0.1, -0.05) is 0 Å². The molecule has 0 atom stereocenters. The van der Waals surface area contributed by atoms with E-state index >= 15 is 0 Å². The number of nitrogens with zero attached hydrogens (tertiary/aromatic N) is 1. The average molecular weight is 191 g/mol. The monoisotopic (exact) mass is 190 g/mol. The lowest BCUT2D eigenvalue weighted by molar-refractivity contribution is -0.691. The predicted molar refractivity (Wildman–Crippen MR) is 50.7 cm³/mol. The van der Waals surface area contributed by atoms with E-state index in [2.05, 4.69) is 0 Å². The summed E-state index contributed by atoms with van der Waals surface area (Å²) in [4.78, 5) is 11.8. The molecule has 0 saturated carbocycles. The predicted octanol–water partition coefficient (Wildman–Crippen LogP) is 2.72. The molecular formula is C9H17ClNO+. The first-order chi connectivity index (χ1) is 5.26. The number of alkyl halides is 1. The molecule has 3 heteroatoms. The van der Waals surface area contributed by atoms with E-state index in [1.54, 1.807) is 0 Å². The van der Waals surface area contributed by atoms with Crippen molar-refractivity contribution in [1.29, 1.82) is 0 Å². The van der Waals surface area contributed by atoms with E-state index in [9.17, 15) is 4.91 Å². The molecule has 70 valence electrons. The summed E-state index contributed by atoms with van der Waals surface area (Å²) in [6, 6.07) is 0. The second-order valence-electron chi connectivity index (χ2n) is 4.92. The van der Waals surface area contributed by atoms with E-state index in [0.29, 0.717) is 0 Å². The van der Waals surface area contributed by atoms with Gasteiger partial charge in [-0.3, -0.25) is 0 Å². The van der Waals surface area contributed by atoms with Crippen LogP contribution in [-0.2, 0) is 0 Å². The second kappa shape index (κ2) is 2.69. The Morgan fingerprint density at radius 1 is 1.17 bits per heavy atom. The van der Waals surface area contributed by atoms with E-state index in [4.69, 9.17) is 11.6 Å². The van der Waals surface area contributed by atoms with Crippen molar-refractivity contribution in [1.82, 2.24) is 0 Å². The summed E-state index contributed by atoms with van der Waals surface area (Å²) in [6.45, 7) is 7.82. The summed E-state index contributed by atoms with van der Waals surface area (Å²) in [7, 11) is 0. The van der Waals surface area contributed by atoms with E-state index in [1.165, 1.54) is 4.76 Å². The molecule has 0 N–H and O–H groups in total. The molecule has 0 spiro atoms. The van der Waals surface area contributed by atoms with Crippen molar-refractivity contribution in [2.75, 3.05) is 0 Å². The molecule has 1 heterocycles. The van der Waals surface area contributed by atoms with Gasteiger partial charge < -0.3 is 0 Å². The molecule has 0 aliphatic carbocycles. The van der Waals surface area contributed by atoms with Gasteiger partial charge in [0.2, 0.25) is 11.1 Å². The van der Waals surface area contributed by atoms with Crippen molar-refractivity contribution in [2.24, 2.45) is 0 Å². The molecular weight excluding hydrogens is 174 g/mol. The SMILES string of the molecule is CC1(C)CC(Cl)CC(C)(C)[N+]1=O. The van der Waals surface area contributed by atoms with Crippen LogP contribution in [0, 0.1) is 4.91 Å². The Balaban J connectivity index is 2.91. The van der Waals surface area contributed by atoms with Crippen molar-refractivity contribution in [2.45, 2.75) is 57.0 Å². The normalized spacial score (nSPS) is 28.9. The molecule has 0 aromatic rings. The maximum atomic E-state index is 11.8. The van der Waals surface area contributed by atoms with Crippen LogP contribution in [0.2, 0.25) is 0 Å². The van der Waals surface area contributed by atoms with Crippen molar-refractivity contribution >= 4 is 11.6 Å². The highest BCUT2D eigenvalue weighted by atomic mass is 35.5. The minimum absolute atomic E-state index is 0.139. The lowest BCUT2D eigenvalue weighted by atomic mass is 9.82. The van der Waals surface area contributed by atoms with Gasteiger partial charge in [-0.05, 0) is 0 Å². The Morgan fingerprint density at radius 3 is 1.83 bits per heavy atom. The van der Waals surface area contributed by atoms with Crippen molar-refractivity contribution in [3.63, 3.8) is 0 Å². The van der Waals surface area contributed by atoms with Crippen LogP contribution >= 0.6 is 11.6 Å². The van der Waals surface area contributed by atoms with Crippen LogP contribution in [0.25, 0.3) is 0 Å². The highest BCUT2D eigenvalue weighted by Crippen LogP contribution is 2.36. The largest absolute Gasteiger partial charge is 0.207 e. The van der Waals surface area contributed by atoms with Gasteiger partial charge in [-0.25, -0.2) is 0 Å². The average Bonchev–Trinajstić information content (AvgIpc) is 1.80. The number of halogens is 1. The standard InChI is InChI=1S/C9H17ClNO/c1-8(2)5-7(10)6-9(3,4)11(8)12/h7H,5-6H2,1-4H3/q+1. The van der Waals surface area contributed by atoms with Crippen LogP contribution in [0.1, 0.15) is 40.5 Å². The van der Waals surface area contributed by atoms with Crippen LogP contribution in [0.3, 0.4) is 0 Å². The first kappa shape index (κ1) is 9.97. The van der Waals surface area contributed by atoms with E-state index in [0.717, 1.165) is 12.8 Å². The highest BCUT2D eigenvalue weighted by molar-refractivity contribution is 6.20. The molecule has 1 aliphatic rings. The molecule has 0 aromatic carbocycles. The minimum atomic E-state index is -0.311. The third-order valence-corrected chi connectivity index (χ3v) is 2.85. The highest BCUT2D eigenvalue weighted by Gasteiger charge is 2.53. The van der Waals surface area contributed by atoms with Gasteiger partial charge in [-0.15, -0.1) is 11.6 Å². The zero-order valence-electron chi connectivity index (χ0n) is 8.22. The fraction of sp³-hybridized carbons (Fsp3) is 1.00. The lowest BCUT2D eigenvalue weighted by Gasteiger charge is -2.33. The summed E-state index contributed by atoms with van der Waals surface area (Å²) in [5.41, 5.74) is -0.623. The van der Waals surface area contributed by atoms with Gasteiger partial charge in [-0.2, -0.15) is 0 Å². The number of nitroso groups, excluding NO2 is 1. The van der Waals surface area contributed by atoms with Crippen LogP contribution in [0.4, 0.5) is 0 Å². The number of hydrogen-bond acceptors (Lipinski definition) is 1. The topological polar surface area (TPSA) is 20.1 Å². The van der Waals surface area contributed by atoms with E-state index < -0.39 is 0 Å². The molecule has 0 unspecified atom stereocenters. The molecule has 0 amide bonds. The van der Waals surface area contributed by atoms with Gasteiger partial charge >= 0.3 is 0 Å². The molecule has 2 nitrogen and oxygen atoms in total. The first-order valence-corrected chi connectivity index (χ1v) is 4.81. The van der Waals surface area contributed by atoms with E-state index in [1.807, 2.05) is 27.7 Å². The number of piperidine rings is 1. The fourth-order valence-corrected chi connectivity index (χ4v) is 2.90.